The van der Waals surface area contributed by atoms with Gasteiger partial charge in [0.05, 0.1) is 29.5 Å². The van der Waals surface area contributed by atoms with Crippen molar-refractivity contribution in [1.29, 1.82) is 0 Å². The van der Waals surface area contributed by atoms with E-state index in [1.807, 2.05) is 0 Å². The average Bonchev–Trinajstić information content (AvgIpc) is 2.94. The van der Waals surface area contributed by atoms with Crippen molar-refractivity contribution in [3.05, 3.63) is 34.1 Å². The van der Waals surface area contributed by atoms with Gasteiger partial charge in [0.2, 0.25) is 11.1 Å². The number of carbonyl (C=O) groups is 1. The number of alkyl halides is 3. The third kappa shape index (κ3) is 4.33. The van der Waals surface area contributed by atoms with E-state index in [4.69, 9.17) is 10.6 Å². The minimum absolute atomic E-state index is 0.0545. The predicted octanol–water partition coefficient (Wildman–Crippen LogP) is 1.66. The van der Waals surface area contributed by atoms with Gasteiger partial charge in [-0.25, -0.2) is 4.68 Å². The number of aromatic nitrogens is 3. The van der Waals surface area contributed by atoms with Crippen molar-refractivity contribution >= 4 is 29.0 Å². The summed E-state index contributed by atoms with van der Waals surface area (Å²) in [6.07, 6.45) is -4.77. The van der Waals surface area contributed by atoms with Crippen LogP contribution in [0.25, 0.3) is 0 Å². The van der Waals surface area contributed by atoms with Gasteiger partial charge in [0.1, 0.15) is 5.75 Å². The molecule has 0 atom stereocenters. The van der Waals surface area contributed by atoms with Gasteiger partial charge >= 0.3 is 6.18 Å². The molecule has 0 bridgehead atoms. The number of carbonyl (C=O) groups excluding carboxylic acids is 1. The Labute approximate surface area is 147 Å². The van der Waals surface area contributed by atoms with Crippen LogP contribution < -0.4 is 15.9 Å². The van der Waals surface area contributed by atoms with Crippen LogP contribution in [0.2, 0.25) is 0 Å². The Balaban J connectivity index is 2.04. The molecule has 0 aliphatic heterocycles. The van der Waals surface area contributed by atoms with Gasteiger partial charge < -0.3 is 15.9 Å². The SMILES string of the molecule is COc1cc([N+](=O)[O-])ccc1NC(=O)CSc1nnc(C(F)(F)F)n1N. The molecule has 1 aromatic carbocycles. The molecule has 0 radical (unpaired) electrons. The summed E-state index contributed by atoms with van der Waals surface area (Å²) in [6, 6.07) is 3.55. The lowest BCUT2D eigenvalue weighted by molar-refractivity contribution is -0.384. The summed E-state index contributed by atoms with van der Waals surface area (Å²) in [5.41, 5.74) is -0.0703. The zero-order valence-corrected chi connectivity index (χ0v) is 13.8. The first kappa shape index (κ1) is 19.3. The molecule has 0 saturated carbocycles. The van der Waals surface area contributed by atoms with Crippen LogP contribution in [0.5, 0.6) is 5.75 Å². The number of nitro groups is 1. The summed E-state index contributed by atoms with van der Waals surface area (Å²) in [7, 11) is 1.26. The van der Waals surface area contributed by atoms with E-state index in [-0.39, 0.29) is 32.7 Å². The number of nitrogens with one attached hydrogen (secondary N) is 1. The quantitative estimate of drug-likeness (QED) is 0.328. The Morgan fingerprint density at radius 3 is 2.69 bits per heavy atom. The van der Waals surface area contributed by atoms with E-state index < -0.39 is 22.8 Å². The smallest absolute Gasteiger partial charge is 0.453 e. The van der Waals surface area contributed by atoms with Crippen molar-refractivity contribution in [2.45, 2.75) is 11.3 Å². The van der Waals surface area contributed by atoms with Crippen molar-refractivity contribution in [2.75, 3.05) is 24.0 Å². The number of amides is 1. The second-order valence-corrected chi connectivity index (χ2v) is 5.59. The highest BCUT2D eigenvalue weighted by Gasteiger charge is 2.38. The van der Waals surface area contributed by atoms with E-state index in [1.54, 1.807) is 0 Å². The molecule has 1 amide bonds. The van der Waals surface area contributed by atoms with Gasteiger partial charge in [-0.3, -0.25) is 14.9 Å². The highest BCUT2D eigenvalue weighted by molar-refractivity contribution is 7.99. The van der Waals surface area contributed by atoms with E-state index in [9.17, 15) is 28.1 Å². The zero-order chi connectivity index (χ0) is 19.5. The van der Waals surface area contributed by atoms with Crippen LogP contribution in [-0.2, 0) is 11.0 Å². The second-order valence-electron chi connectivity index (χ2n) is 4.65. The van der Waals surface area contributed by atoms with Crippen LogP contribution in [0.3, 0.4) is 0 Å². The van der Waals surface area contributed by atoms with Crippen LogP contribution >= 0.6 is 11.8 Å². The van der Waals surface area contributed by atoms with Crippen molar-refractivity contribution in [1.82, 2.24) is 14.9 Å². The average molecular weight is 392 g/mol. The highest BCUT2D eigenvalue weighted by Crippen LogP contribution is 2.30. The van der Waals surface area contributed by atoms with E-state index in [0.717, 1.165) is 12.1 Å². The number of nitrogens with zero attached hydrogens (tertiary/aromatic N) is 4. The van der Waals surface area contributed by atoms with E-state index in [0.29, 0.717) is 11.8 Å². The van der Waals surface area contributed by atoms with Crippen molar-refractivity contribution in [3.63, 3.8) is 0 Å². The lowest BCUT2D eigenvalue weighted by Crippen LogP contribution is -2.22. The molecule has 2 aromatic rings. The number of hydrogen-bond acceptors (Lipinski definition) is 8. The van der Waals surface area contributed by atoms with Crippen LogP contribution in [0.1, 0.15) is 5.82 Å². The Morgan fingerprint density at radius 1 is 1.46 bits per heavy atom. The summed E-state index contributed by atoms with van der Waals surface area (Å²) in [5, 5.41) is 19.0. The monoisotopic (exact) mass is 392 g/mol. The Morgan fingerprint density at radius 2 is 2.15 bits per heavy atom. The fourth-order valence-electron chi connectivity index (χ4n) is 1.78. The molecule has 0 saturated heterocycles. The van der Waals surface area contributed by atoms with E-state index >= 15 is 0 Å². The van der Waals surface area contributed by atoms with Crippen molar-refractivity contribution in [3.8, 4) is 5.75 Å². The first-order chi connectivity index (χ1) is 12.1. The molecule has 2 rings (SSSR count). The lowest BCUT2D eigenvalue weighted by atomic mass is 10.2. The molecule has 140 valence electrons. The number of non-ortho nitro benzene ring substituents is 1. The number of nitrogens with two attached hydrogens (primary N) is 1. The van der Waals surface area contributed by atoms with Gasteiger partial charge in [-0.2, -0.15) is 13.2 Å². The molecule has 0 unspecified atom stereocenters. The maximum atomic E-state index is 12.6. The number of thioether (sulfide) groups is 1. The van der Waals surface area contributed by atoms with Crippen LogP contribution in [0, 0.1) is 10.1 Å². The summed E-state index contributed by atoms with van der Waals surface area (Å²) >= 11 is 0.636. The molecule has 1 heterocycles. The first-order valence-electron chi connectivity index (χ1n) is 6.66. The summed E-state index contributed by atoms with van der Waals surface area (Å²) in [6.45, 7) is 0. The van der Waals surface area contributed by atoms with E-state index in [2.05, 4.69) is 15.5 Å². The molecule has 1 aromatic heterocycles. The topological polar surface area (TPSA) is 138 Å². The molecular formula is C12H11F3N6O4S. The number of nitrogen functional groups attached to an aromatic ring is 1. The van der Waals surface area contributed by atoms with Gasteiger partial charge in [0.15, 0.2) is 0 Å². The molecule has 3 N–H and O–H groups in total. The number of nitro benzene ring substituents is 1. The number of hydrogen-bond donors (Lipinski definition) is 2. The van der Waals surface area contributed by atoms with Crippen LogP contribution in [0.4, 0.5) is 24.5 Å². The Hall–Kier alpha value is -3.03. The molecule has 0 fully saturated rings. The van der Waals surface area contributed by atoms with Crippen LogP contribution in [0.15, 0.2) is 23.4 Å². The number of benzene rings is 1. The largest absolute Gasteiger partial charge is 0.494 e. The summed E-state index contributed by atoms with van der Waals surface area (Å²) in [4.78, 5) is 22.0. The van der Waals surface area contributed by atoms with Crippen LogP contribution in [-0.4, -0.2) is 38.6 Å². The second kappa shape index (κ2) is 7.47. The van der Waals surface area contributed by atoms with Gasteiger partial charge in [-0.1, -0.05) is 11.8 Å². The number of anilines is 1. The van der Waals surface area contributed by atoms with Crippen molar-refractivity contribution < 1.29 is 27.6 Å². The standard InChI is InChI=1S/C12H11F3N6O4S/c1-25-8-4-6(21(23)24)2-3-7(8)17-9(22)5-26-11-19-18-10(20(11)16)12(13,14)15/h2-4H,5,16H2,1H3,(H,17,22). The maximum absolute atomic E-state index is 12.6. The third-order valence-corrected chi connectivity index (χ3v) is 3.86. The fourth-order valence-corrected chi connectivity index (χ4v) is 2.44. The first-order valence-corrected chi connectivity index (χ1v) is 7.64. The Bertz CT molecular complexity index is 841. The molecule has 26 heavy (non-hydrogen) atoms. The number of rotatable bonds is 6. The fraction of sp³-hybridized carbons (Fsp3) is 0.250. The van der Waals surface area contributed by atoms with Crippen molar-refractivity contribution in [2.24, 2.45) is 0 Å². The Kier molecular flexibility index (Phi) is 5.54. The lowest BCUT2D eigenvalue weighted by Gasteiger charge is -2.10. The zero-order valence-electron chi connectivity index (χ0n) is 13.0. The molecule has 0 spiro atoms. The molecule has 14 heteroatoms. The highest BCUT2D eigenvalue weighted by atomic mass is 32.2. The molecular weight excluding hydrogens is 381 g/mol. The van der Waals surface area contributed by atoms with Gasteiger partial charge in [-0.15, -0.1) is 10.2 Å². The van der Waals surface area contributed by atoms with Gasteiger partial charge in [0, 0.05) is 6.07 Å². The minimum atomic E-state index is -4.77. The molecule has 0 aliphatic rings. The van der Waals surface area contributed by atoms with Gasteiger partial charge in [0.25, 0.3) is 11.5 Å². The third-order valence-electron chi connectivity index (χ3n) is 2.92. The minimum Gasteiger partial charge on any atom is -0.494 e. The van der Waals surface area contributed by atoms with Gasteiger partial charge in [-0.05, 0) is 6.07 Å². The number of methoxy groups -OCH3 is 1. The predicted molar refractivity (Wildman–Crippen MR) is 84.2 cm³/mol. The normalized spacial score (nSPS) is 11.2. The molecule has 10 nitrogen and oxygen atoms in total. The number of halogens is 3. The number of ether oxygens (including phenoxy) is 1. The maximum Gasteiger partial charge on any atom is 0.453 e. The molecule has 0 aliphatic carbocycles. The summed E-state index contributed by atoms with van der Waals surface area (Å²) < 4.78 is 42.9. The summed E-state index contributed by atoms with van der Waals surface area (Å²) in [5.74, 6) is 2.98. The van der Waals surface area contributed by atoms with E-state index in [1.165, 1.54) is 13.2 Å².